The molecular formula is C18H22ClN3O. The van der Waals surface area contributed by atoms with Crippen LogP contribution in [0.3, 0.4) is 0 Å². The fourth-order valence-corrected chi connectivity index (χ4v) is 2.39. The van der Waals surface area contributed by atoms with Crippen molar-refractivity contribution >= 4 is 23.2 Å². The summed E-state index contributed by atoms with van der Waals surface area (Å²) in [6, 6.07) is 11.3. The Balaban J connectivity index is 1.84. The van der Waals surface area contributed by atoms with Crippen molar-refractivity contribution in [3.63, 3.8) is 0 Å². The predicted molar refractivity (Wildman–Crippen MR) is 95.1 cm³/mol. The smallest absolute Gasteiger partial charge is 0.269 e. The van der Waals surface area contributed by atoms with Crippen molar-refractivity contribution in [2.75, 3.05) is 18.4 Å². The van der Waals surface area contributed by atoms with Gasteiger partial charge in [0, 0.05) is 30.0 Å². The first-order valence-corrected chi connectivity index (χ1v) is 8.29. The van der Waals surface area contributed by atoms with Crippen LogP contribution in [0.25, 0.3) is 0 Å². The summed E-state index contributed by atoms with van der Waals surface area (Å²) >= 11 is 5.95. The molecule has 0 aliphatic heterocycles. The Bertz CT molecular complexity index is 646. The number of unbranched alkanes of at least 4 members (excludes halogenated alkanes) is 1. The van der Waals surface area contributed by atoms with E-state index in [9.17, 15) is 4.79 Å². The molecule has 0 bridgehead atoms. The van der Waals surface area contributed by atoms with Crippen molar-refractivity contribution in [3.05, 3.63) is 58.9 Å². The van der Waals surface area contributed by atoms with Crippen LogP contribution in [0.15, 0.2) is 42.6 Å². The number of carbonyl (C=O) groups is 1. The zero-order valence-electron chi connectivity index (χ0n) is 13.3. The van der Waals surface area contributed by atoms with E-state index in [1.165, 1.54) is 0 Å². The Kier molecular flexibility index (Phi) is 6.88. The number of hydrogen-bond donors (Lipinski definition) is 2. The highest BCUT2D eigenvalue weighted by Gasteiger charge is 2.07. The van der Waals surface area contributed by atoms with E-state index >= 15 is 0 Å². The van der Waals surface area contributed by atoms with Gasteiger partial charge in [0.1, 0.15) is 5.69 Å². The van der Waals surface area contributed by atoms with Crippen molar-refractivity contribution in [1.82, 2.24) is 10.3 Å². The molecule has 122 valence electrons. The lowest BCUT2D eigenvalue weighted by Crippen LogP contribution is -2.26. The van der Waals surface area contributed by atoms with Gasteiger partial charge in [0.15, 0.2) is 0 Å². The van der Waals surface area contributed by atoms with Crippen LogP contribution in [0.5, 0.6) is 0 Å². The minimum absolute atomic E-state index is 0.161. The summed E-state index contributed by atoms with van der Waals surface area (Å²) in [6.07, 6.45) is 4.62. The second-order valence-corrected chi connectivity index (χ2v) is 5.78. The van der Waals surface area contributed by atoms with Gasteiger partial charge in [-0.1, -0.05) is 37.1 Å². The lowest BCUT2D eigenvalue weighted by Gasteiger charge is -2.08. The molecule has 4 nitrogen and oxygen atoms in total. The summed E-state index contributed by atoms with van der Waals surface area (Å²) < 4.78 is 0. The molecule has 0 saturated carbocycles. The lowest BCUT2D eigenvalue weighted by atomic mass is 10.1. The molecule has 23 heavy (non-hydrogen) atoms. The van der Waals surface area contributed by atoms with Crippen LogP contribution in [0, 0.1) is 0 Å². The number of anilines is 1. The number of carbonyl (C=O) groups excluding carboxylic acids is 1. The number of pyridine rings is 1. The molecule has 0 aliphatic rings. The van der Waals surface area contributed by atoms with Gasteiger partial charge in [-0.05, 0) is 42.7 Å². The number of aromatic nitrogens is 1. The minimum Gasteiger partial charge on any atom is -0.385 e. The normalized spacial score (nSPS) is 10.3. The fourth-order valence-electron chi connectivity index (χ4n) is 2.18. The van der Waals surface area contributed by atoms with Crippen molar-refractivity contribution in [1.29, 1.82) is 0 Å². The van der Waals surface area contributed by atoms with Gasteiger partial charge in [-0.25, -0.2) is 0 Å². The van der Waals surface area contributed by atoms with Gasteiger partial charge < -0.3 is 10.6 Å². The van der Waals surface area contributed by atoms with Gasteiger partial charge in [0.05, 0.1) is 0 Å². The molecule has 0 unspecified atom stereocenters. The van der Waals surface area contributed by atoms with Crippen LogP contribution in [-0.2, 0) is 6.42 Å². The van der Waals surface area contributed by atoms with Crippen LogP contribution in [0.2, 0.25) is 5.02 Å². The largest absolute Gasteiger partial charge is 0.385 e. The van der Waals surface area contributed by atoms with Crippen LogP contribution in [-0.4, -0.2) is 24.0 Å². The Morgan fingerprint density at radius 3 is 2.87 bits per heavy atom. The molecule has 2 aromatic rings. The monoisotopic (exact) mass is 331 g/mol. The van der Waals surface area contributed by atoms with Gasteiger partial charge in [-0.2, -0.15) is 0 Å². The van der Waals surface area contributed by atoms with E-state index in [0.717, 1.165) is 37.1 Å². The summed E-state index contributed by atoms with van der Waals surface area (Å²) in [4.78, 5) is 16.3. The summed E-state index contributed by atoms with van der Waals surface area (Å²) in [5.74, 6) is -0.161. The Morgan fingerprint density at radius 1 is 1.22 bits per heavy atom. The molecule has 5 heteroatoms. The maximum atomic E-state index is 12.2. The highest BCUT2D eigenvalue weighted by Crippen LogP contribution is 2.11. The predicted octanol–water partition coefficient (Wildman–Crippen LogP) is 3.92. The first kappa shape index (κ1) is 17.3. The van der Waals surface area contributed by atoms with Crippen LogP contribution in [0.1, 0.15) is 35.8 Å². The highest BCUT2D eigenvalue weighted by molar-refractivity contribution is 6.30. The van der Waals surface area contributed by atoms with Crippen LogP contribution < -0.4 is 10.6 Å². The Morgan fingerprint density at radius 2 is 2.09 bits per heavy atom. The van der Waals surface area contributed by atoms with E-state index in [-0.39, 0.29) is 5.91 Å². The molecule has 1 heterocycles. The second kappa shape index (κ2) is 9.16. The Labute approximate surface area is 142 Å². The maximum Gasteiger partial charge on any atom is 0.269 e. The second-order valence-electron chi connectivity index (χ2n) is 5.35. The first-order valence-electron chi connectivity index (χ1n) is 7.91. The zero-order chi connectivity index (χ0) is 16.5. The molecule has 2 N–H and O–H groups in total. The molecule has 0 aliphatic carbocycles. The number of nitrogens with one attached hydrogen (secondary N) is 2. The number of halogens is 1. The molecule has 0 saturated heterocycles. The molecular weight excluding hydrogens is 310 g/mol. The third-order valence-electron chi connectivity index (χ3n) is 3.44. The van der Waals surface area contributed by atoms with E-state index in [2.05, 4.69) is 22.5 Å². The Hall–Kier alpha value is -2.07. The van der Waals surface area contributed by atoms with E-state index in [1.807, 2.05) is 30.3 Å². The quantitative estimate of drug-likeness (QED) is 0.721. The molecule has 0 spiro atoms. The molecule has 0 fully saturated rings. The zero-order valence-corrected chi connectivity index (χ0v) is 14.1. The average Bonchev–Trinajstić information content (AvgIpc) is 2.55. The maximum absolute atomic E-state index is 12.2. The number of hydrogen-bond acceptors (Lipinski definition) is 3. The molecule has 0 radical (unpaired) electrons. The topological polar surface area (TPSA) is 54.0 Å². The molecule has 2 rings (SSSR count). The third-order valence-corrected chi connectivity index (χ3v) is 3.68. The van der Waals surface area contributed by atoms with E-state index in [0.29, 0.717) is 17.3 Å². The number of rotatable bonds is 8. The highest BCUT2D eigenvalue weighted by atomic mass is 35.5. The summed E-state index contributed by atoms with van der Waals surface area (Å²) in [7, 11) is 0. The molecule has 1 aromatic heterocycles. The standard InChI is InChI=1S/C18H22ClN3O/c1-2-3-9-20-16-8-11-21-17(13-16)18(23)22-10-7-14-5-4-6-15(19)12-14/h4-6,8,11-13H,2-3,7,9-10H2,1H3,(H,20,21)(H,22,23). The summed E-state index contributed by atoms with van der Waals surface area (Å²) in [6.45, 7) is 3.59. The van der Waals surface area contributed by atoms with Gasteiger partial charge >= 0.3 is 0 Å². The van der Waals surface area contributed by atoms with Gasteiger partial charge in [-0.3, -0.25) is 9.78 Å². The number of benzene rings is 1. The van der Waals surface area contributed by atoms with Crippen LogP contribution >= 0.6 is 11.6 Å². The number of nitrogens with zero attached hydrogens (tertiary/aromatic N) is 1. The van der Waals surface area contributed by atoms with Gasteiger partial charge in [-0.15, -0.1) is 0 Å². The van der Waals surface area contributed by atoms with E-state index in [4.69, 9.17) is 11.6 Å². The molecule has 1 aromatic carbocycles. The first-order chi connectivity index (χ1) is 11.2. The SMILES string of the molecule is CCCCNc1ccnc(C(=O)NCCc2cccc(Cl)c2)c1. The van der Waals surface area contributed by atoms with Gasteiger partial charge in [0.25, 0.3) is 5.91 Å². The molecule has 1 amide bonds. The lowest BCUT2D eigenvalue weighted by molar-refractivity contribution is 0.0949. The van der Waals surface area contributed by atoms with Crippen molar-refractivity contribution in [2.45, 2.75) is 26.2 Å². The summed E-state index contributed by atoms with van der Waals surface area (Å²) in [5, 5.41) is 6.89. The van der Waals surface area contributed by atoms with Crippen molar-refractivity contribution < 1.29 is 4.79 Å². The fraction of sp³-hybridized carbons (Fsp3) is 0.333. The van der Waals surface area contributed by atoms with Gasteiger partial charge in [0.2, 0.25) is 0 Å². The molecule has 0 atom stereocenters. The third kappa shape index (κ3) is 5.91. The van der Waals surface area contributed by atoms with E-state index in [1.54, 1.807) is 12.3 Å². The minimum atomic E-state index is -0.161. The average molecular weight is 332 g/mol. The number of amides is 1. The van der Waals surface area contributed by atoms with Crippen molar-refractivity contribution in [3.8, 4) is 0 Å². The van der Waals surface area contributed by atoms with E-state index < -0.39 is 0 Å². The summed E-state index contributed by atoms with van der Waals surface area (Å²) in [5.41, 5.74) is 2.45. The van der Waals surface area contributed by atoms with Crippen molar-refractivity contribution in [2.24, 2.45) is 0 Å². The van der Waals surface area contributed by atoms with Crippen LogP contribution in [0.4, 0.5) is 5.69 Å².